The van der Waals surface area contributed by atoms with Gasteiger partial charge in [0.1, 0.15) is 0 Å². The Morgan fingerprint density at radius 2 is 2.50 bits per heavy atom. The molecule has 0 radical (unpaired) electrons. The van der Waals surface area contributed by atoms with Gasteiger partial charge in [0.15, 0.2) is 0 Å². The van der Waals surface area contributed by atoms with Crippen molar-refractivity contribution in [3.05, 3.63) is 11.6 Å². The highest BCUT2D eigenvalue weighted by atomic mass is 16.5. The van der Waals surface area contributed by atoms with Crippen LogP contribution in [0.5, 0.6) is 0 Å². The van der Waals surface area contributed by atoms with Crippen molar-refractivity contribution in [2.24, 2.45) is 0 Å². The third kappa shape index (κ3) is 2.08. The van der Waals surface area contributed by atoms with Crippen molar-refractivity contribution in [3.63, 3.8) is 0 Å². The predicted molar refractivity (Wildman–Crippen MR) is 42.3 cm³/mol. The van der Waals surface area contributed by atoms with Crippen molar-refractivity contribution < 1.29 is 14.3 Å². The molecule has 0 aromatic heterocycles. The maximum absolute atomic E-state index is 11.1. The molecule has 0 aromatic carbocycles. The van der Waals surface area contributed by atoms with E-state index < -0.39 is 0 Å². The largest absolute Gasteiger partial charge is 0.463 e. The van der Waals surface area contributed by atoms with Gasteiger partial charge in [0.25, 0.3) is 0 Å². The van der Waals surface area contributed by atoms with Crippen LogP contribution in [0.25, 0.3) is 0 Å². The van der Waals surface area contributed by atoms with Gasteiger partial charge in [0.2, 0.25) is 5.91 Å². The summed E-state index contributed by atoms with van der Waals surface area (Å²) in [6.45, 7) is 2.60. The first-order valence-electron chi connectivity index (χ1n) is 3.89. The Balaban J connectivity index is 2.61. The zero-order chi connectivity index (χ0) is 8.97. The third-order valence-corrected chi connectivity index (χ3v) is 1.54. The van der Waals surface area contributed by atoms with Gasteiger partial charge in [-0.15, -0.1) is 0 Å². The summed E-state index contributed by atoms with van der Waals surface area (Å²) in [5, 5.41) is 2.59. The topological polar surface area (TPSA) is 55.4 Å². The van der Waals surface area contributed by atoms with Gasteiger partial charge in [-0.1, -0.05) is 0 Å². The highest BCUT2D eigenvalue weighted by Crippen LogP contribution is 2.06. The first-order chi connectivity index (χ1) is 5.74. The Kier molecular flexibility index (Phi) is 2.85. The zero-order valence-corrected chi connectivity index (χ0v) is 6.92. The standard InChI is InChI=1S/C8H11NO3/c1-2-12-8(11)6-3-4-9-7(10)5-6/h5H,2-4H2,1H3,(H,9,10). The Labute approximate surface area is 70.6 Å². The molecule has 4 nitrogen and oxygen atoms in total. The minimum absolute atomic E-state index is 0.218. The number of hydrogen-bond donors (Lipinski definition) is 1. The Morgan fingerprint density at radius 3 is 3.08 bits per heavy atom. The van der Waals surface area contributed by atoms with Gasteiger partial charge in [-0.2, -0.15) is 0 Å². The normalized spacial score (nSPS) is 16.4. The Morgan fingerprint density at radius 1 is 1.75 bits per heavy atom. The quantitative estimate of drug-likeness (QED) is 0.592. The lowest BCUT2D eigenvalue weighted by molar-refractivity contribution is -0.139. The number of carbonyl (C=O) groups is 2. The number of ether oxygens (including phenoxy) is 1. The van der Waals surface area contributed by atoms with Crippen LogP contribution in [0.1, 0.15) is 13.3 Å². The number of nitrogens with one attached hydrogen (secondary N) is 1. The number of carbonyl (C=O) groups excluding carboxylic acids is 2. The van der Waals surface area contributed by atoms with E-state index in [2.05, 4.69) is 5.32 Å². The monoisotopic (exact) mass is 169 g/mol. The highest BCUT2D eigenvalue weighted by molar-refractivity contribution is 5.99. The molecule has 0 atom stereocenters. The molecule has 1 aliphatic heterocycles. The maximum atomic E-state index is 11.1. The van der Waals surface area contributed by atoms with Crippen LogP contribution in [0.2, 0.25) is 0 Å². The fourth-order valence-corrected chi connectivity index (χ4v) is 0.987. The Bertz CT molecular complexity index is 232. The van der Waals surface area contributed by atoms with Gasteiger partial charge in [-0.05, 0) is 13.3 Å². The molecule has 1 N–H and O–H groups in total. The summed E-state index contributed by atoms with van der Waals surface area (Å²) in [6, 6.07) is 0. The molecule has 66 valence electrons. The van der Waals surface area contributed by atoms with Crippen LogP contribution in [0, 0.1) is 0 Å². The average molecular weight is 169 g/mol. The summed E-state index contributed by atoms with van der Waals surface area (Å²) < 4.78 is 4.74. The van der Waals surface area contributed by atoms with Gasteiger partial charge < -0.3 is 10.1 Å². The van der Waals surface area contributed by atoms with Crippen molar-refractivity contribution in [1.82, 2.24) is 5.32 Å². The summed E-state index contributed by atoms with van der Waals surface area (Å²) in [4.78, 5) is 21.9. The lowest BCUT2D eigenvalue weighted by Crippen LogP contribution is -2.29. The minimum atomic E-state index is -0.382. The predicted octanol–water partition coefficient (Wildman–Crippen LogP) is -0.00420. The van der Waals surface area contributed by atoms with Crippen LogP contribution >= 0.6 is 0 Å². The molecular formula is C8H11NO3. The summed E-state index contributed by atoms with van der Waals surface area (Å²) >= 11 is 0. The molecular weight excluding hydrogens is 158 g/mol. The van der Waals surface area contributed by atoms with E-state index in [-0.39, 0.29) is 11.9 Å². The summed E-state index contributed by atoms with van der Waals surface area (Å²) in [5.41, 5.74) is 0.459. The molecule has 4 heteroatoms. The molecule has 0 saturated heterocycles. The van der Waals surface area contributed by atoms with E-state index >= 15 is 0 Å². The summed E-state index contributed by atoms with van der Waals surface area (Å²) in [5.74, 6) is -0.600. The number of rotatable bonds is 2. The summed E-state index contributed by atoms with van der Waals surface area (Å²) in [7, 11) is 0. The minimum Gasteiger partial charge on any atom is -0.463 e. The molecule has 0 aromatic rings. The van der Waals surface area contributed by atoms with E-state index in [1.807, 2.05) is 0 Å². The van der Waals surface area contributed by atoms with E-state index in [0.717, 1.165) is 0 Å². The summed E-state index contributed by atoms with van der Waals surface area (Å²) in [6.07, 6.45) is 1.85. The SMILES string of the molecule is CCOC(=O)C1=CC(=O)NCC1. The molecule has 1 aliphatic rings. The molecule has 0 fully saturated rings. The van der Waals surface area contributed by atoms with Crippen LogP contribution in [-0.2, 0) is 14.3 Å². The molecule has 0 aliphatic carbocycles. The molecule has 0 bridgehead atoms. The average Bonchev–Trinajstić information content (AvgIpc) is 2.05. The second kappa shape index (κ2) is 3.90. The van der Waals surface area contributed by atoms with Gasteiger partial charge >= 0.3 is 5.97 Å². The second-order valence-corrected chi connectivity index (χ2v) is 2.43. The van der Waals surface area contributed by atoms with Crippen molar-refractivity contribution in [1.29, 1.82) is 0 Å². The smallest absolute Gasteiger partial charge is 0.334 e. The zero-order valence-electron chi connectivity index (χ0n) is 6.92. The second-order valence-electron chi connectivity index (χ2n) is 2.43. The first-order valence-corrected chi connectivity index (χ1v) is 3.89. The molecule has 1 heterocycles. The van der Waals surface area contributed by atoms with E-state index in [1.54, 1.807) is 6.92 Å². The maximum Gasteiger partial charge on any atom is 0.334 e. The van der Waals surface area contributed by atoms with E-state index in [1.165, 1.54) is 6.08 Å². The van der Waals surface area contributed by atoms with Gasteiger partial charge in [0, 0.05) is 18.2 Å². The van der Waals surface area contributed by atoms with Crippen LogP contribution in [0.4, 0.5) is 0 Å². The van der Waals surface area contributed by atoms with E-state index in [4.69, 9.17) is 4.74 Å². The lowest BCUT2D eigenvalue weighted by Gasteiger charge is -2.11. The van der Waals surface area contributed by atoms with Crippen molar-refractivity contribution in [3.8, 4) is 0 Å². The highest BCUT2D eigenvalue weighted by Gasteiger charge is 2.15. The van der Waals surface area contributed by atoms with Crippen molar-refractivity contribution >= 4 is 11.9 Å². The lowest BCUT2D eigenvalue weighted by atomic mass is 10.1. The molecule has 12 heavy (non-hydrogen) atoms. The number of hydrogen-bond acceptors (Lipinski definition) is 3. The van der Waals surface area contributed by atoms with E-state index in [0.29, 0.717) is 25.1 Å². The van der Waals surface area contributed by atoms with Crippen molar-refractivity contribution in [2.45, 2.75) is 13.3 Å². The molecule has 0 spiro atoms. The first kappa shape index (κ1) is 8.77. The fraction of sp³-hybridized carbons (Fsp3) is 0.500. The molecule has 1 rings (SSSR count). The van der Waals surface area contributed by atoms with Crippen LogP contribution in [0.15, 0.2) is 11.6 Å². The fourth-order valence-electron chi connectivity index (χ4n) is 0.987. The number of amides is 1. The number of esters is 1. The van der Waals surface area contributed by atoms with Crippen LogP contribution in [0.3, 0.4) is 0 Å². The molecule has 1 amide bonds. The van der Waals surface area contributed by atoms with Crippen LogP contribution < -0.4 is 5.32 Å². The van der Waals surface area contributed by atoms with Crippen molar-refractivity contribution in [2.75, 3.05) is 13.2 Å². The van der Waals surface area contributed by atoms with Gasteiger partial charge in [-0.3, -0.25) is 4.79 Å². The molecule has 0 unspecified atom stereocenters. The van der Waals surface area contributed by atoms with Gasteiger partial charge in [-0.25, -0.2) is 4.79 Å². The molecule has 0 saturated carbocycles. The third-order valence-electron chi connectivity index (χ3n) is 1.54. The van der Waals surface area contributed by atoms with Crippen LogP contribution in [-0.4, -0.2) is 25.0 Å². The Hall–Kier alpha value is -1.32. The van der Waals surface area contributed by atoms with E-state index in [9.17, 15) is 9.59 Å². The van der Waals surface area contributed by atoms with Gasteiger partial charge in [0.05, 0.1) is 6.61 Å².